The summed E-state index contributed by atoms with van der Waals surface area (Å²) >= 11 is 3.37. The zero-order chi connectivity index (χ0) is 7.23. The quantitative estimate of drug-likeness (QED) is 0.702. The van der Waals surface area contributed by atoms with Crippen molar-refractivity contribution in [2.24, 2.45) is 0 Å². The van der Waals surface area contributed by atoms with E-state index in [-0.39, 0.29) is 6.61 Å². The second kappa shape index (κ2) is 4.71. The predicted molar refractivity (Wildman–Crippen MR) is 45.4 cm³/mol. The Bertz CT molecular complexity index is 164. The molecule has 1 rings (SSSR count). The number of thioether (sulfide) groups is 1. The van der Waals surface area contributed by atoms with E-state index in [4.69, 9.17) is 5.11 Å². The van der Waals surface area contributed by atoms with E-state index in [1.165, 1.54) is 0 Å². The van der Waals surface area contributed by atoms with Crippen molar-refractivity contribution in [2.45, 2.75) is 5.75 Å². The van der Waals surface area contributed by atoms with Crippen LogP contribution in [0.5, 0.6) is 0 Å². The lowest BCUT2D eigenvalue weighted by atomic mass is 10.8. The molecule has 0 aliphatic carbocycles. The van der Waals surface area contributed by atoms with E-state index >= 15 is 0 Å². The van der Waals surface area contributed by atoms with Crippen molar-refractivity contribution < 1.29 is 5.11 Å². The zero-order valence-electron chi connectivity index (χ0n) is 5.49. The number of hydrogen-bond donors (Lipinski definition) is 1. The summed E-state index contributed by atoms with van der Waals surface area (Å²) in [6.07, 6.45) is 1.81. The van der Waals surface area contributed by atoms with Gasteiger partial charge in [0.15, 0.2) is 0 Å². The van der Waals surface area contributed by atoms with E-state index < -0.39 is 0 Å². The molecule has 1 aromatic heterocycles. The summed E-state index contributed by atoms with van der Waals surface area (Å²) in [5.74, 6) is 1.73. The van der Waals surface area contributed by atoms with E-state index in [0.717, 1.165) is 16.5 Å². The fraction of sp³-hybridized carbons (Fsp3) is 0.500. The van der Waals surface area contributed by atoms with Crippen molar-refractivity contribution in [2.75, 3.05) is 12.4 Å². The first-order valence-electron chi connectivity index (χ1n) is 3.00. The number of aromatic nitrogens is 1. The molecule has 0 aliphatic rings. The van der Waals surface area contributed by atoms with Crippen LogP contribution in [0.2, 0.25) is 0 Å². The van der Waals surface area contributed by atoms with Crippen LogP contribution in [0.4, 0.5) is 0 Å². The van der Waals surface area contributed by atoms with E-state index in [2.05, 4.69) is 4.98 Å². The fourth-order valence-corrected chi connectivity index (χ4v) is 1.99. The number of rotatable bonds is 4. The Balaban J connectivity index is 2.15. The number of nitrogens with zero attached hydrogens (tertiary/aromatic N) is 1. The minimum absolute atomic E-state index is 0.260. The highest BCUT2D eigenvalue weighted by atomic mass is 32.2. The molecule has 0 fully saturated rings. The lowest BCUT2D eigenvalue weighted by molar-refractivity contribution is 0.322. The van der Waals surface area contributed by atoms with Gasteiger partial charge in [-0.1, -0.05) is 0 Å². The highest BCUT2D eigenvalue weighted by Gasteiger charge is 1.93. The number of hydrogen-bond acceptors (Lipinski definition) is 4. The average molecular weight is 175 g/mol. The summed E-state index contributed by atoms with van der Waals surface area (Å²) in [7, 11) is 0. The van der Waals surface area contributed by atoms with E-state index in [9.17, 15) is 0 Å². The minimum Gasteiger partial charge on any atom is -0.396 e. The van der Waals surface area contributed by atoms with Crippen LogP contribution < -0.4 is 0 Å². The van der Waals surface area contributed by atoms with Gasteiger partial charge >= 0.3 is 0 Å². The first kappa shape index (κ1) is 8.04. The Hall–Kier alpha value is -0.0600. The summed E-state index contributed by atoms with van der Waals surface area (Å²) in [6, 6.07) is 0. The molecule has 0 saturated carbocycles. The van der Waals surface area contributed by atoms with Gasteiger partial charge in [-0.3, -0.25) is 0 Å². The van der Waals surface area contributed by atoms with Gasteiger partial charge in [0.1, 0.15) is 5.01 Å². The largest absolute Gasteiger partial charge is 0.396 e. The van der Waals surface area contributed by atoms with Crippen LogP contribution in [-0.4, -0.2) is 22.5 Å². The summed E-state index contributed by atoms with van der Waals surface area (Å²) in [5.41, 5.74) is 0. The minimum atomic E-state index is 0.260. The molecule has 0 aromatic carbocycles. The van der Waals surface area contributed by atoms with Crippen LogP contribution >= 0.6 is 23.1 Å². The van der Waals surface area contributed by atoms with Crippen molar-refractivity contribution in [3.63, 3.8) is 0 Å². The molecule has 10 heavy (non-hydrogen) atoms. The molecule has 56 valence electrons. The molecule has 2 nitrogen and oxygen atoms in total. The van der Waals surface area contributed by atoms with E-state index in [0.29, 0.717) is 0 Å². The first-order chi connectivity index (χ1) is 4.93. The van der Waals surface area contributed by atoms with Crippen LogP contribution in [0.15, 0.2) is 11.6 Å². The second-order valence-corrected chi connectivity index (χ2v) is 3.79. The van der Waals surface area contributed by atoms with Gasteiger partial charge in [-0.05, 0) is 0 Å². The Morgan fingerprint density at radius 2 is 2.60 bits per heavy atom. The molecule has 1 N–H and O–H groups in total. The van der Waals surface area contributed by atoms with Crippen molar-refractivity contribution >= 4 is 23.1 Å². The van der Waals surface area contributed by atoms with Gasteiger partial charge in [0.25, 0.3) is 0 Å². The summed E-state index contributed by atoms with van der Waals surface area (Å²) in [6.45, 7) is 0.260. The third kappa shape index (κ3) is 2.68. The molecule has 0 unspecified atom stereocenters. The van der Waals surface area contributed by atoms with Crippen LogP contribution in [0, 0.1) is 0 Å². The van der Waals surface area contributed by atoms with Gasteiger partial charge in [0.2, 0.25) is 0 Å². The highest BCUT2D eigenvalue weighted by Crippen LogP contribution is 2.13. The monoisotopic (exact) mass is 175 g/mol. The first-order valence-corrected chi connectivity index (χ1v) is 5.04. The Kier molecular flexibility index (Phi) is 3.79. The number of aliphatic hydroxyl groups is 1. The standard InChI is InChI=1S/C6H9NOS2/c8-2-4-9-5-6-7-1-3-10-6/h1,3,8H,2,4-5H2. The molecule has 0 bridgehead atoms. The topological polar surface area (TPSA) is 33.1 Å². The summed E-state index contributed by atoms with van der Waals surface area (Å²) in [4.78, 5) is 4.10. The Labute approximate surface area is 68.3 Å². The molecule has 0 spiro atoms. The van der Waals surface area contributed by atoms with Crippen molar-refractivity contribution in [3.05, 3.63) is 16.6 Å². The lowest BCUT2D eigenvalue weighted by Gasteiger charge is -1.92. The Morgan fingerprint density at radius 3 is 3.20 bits per heavy atom. The maximum absolute atomic E-state index is 8.46. The Morgan fingerprint density at radius 1 is 1.70 bits per heavy atom. The molecule has 1 heterocycles. The smallest absolute Gasteiger partial charge is 0.102 e. The highest BCUT2D eigenvalue weighted by molar-refractivity contribution is 7.98. The molecule has 0 amide bonds. The lowest BCUT2D eigenvalue weighted by Crippen LogP contribution is -1.86. The summed E-state index contributed by atoms with van der Waals surface area (Å²) in [5, 5.41) is 11.6. The molecule has 4 heteroatoms. The molecular formula is C6H9NOS2. The third-order valence-corrected chi connectivity index (χ3v) is 2.86. The molecule has 0 atom stereocenters. The van der Waals surface area contributed by atoms with Gasteiger partial charge in [-0.25, -0.2) is 4.98 Å². The van der Waals surface area contributed by atoms with Gasteiger partial charge in [-0.2, -0.15) is 11.8 Å². The van der Waals surface area contributed by atoms with E-state index in [1.807, 2.05) is 5.38 Å². The predicted octanol–water partition coefficient (Wildman–Crippen LogP) is 1.37. The normalized spacial score (nSPS) is 10.1. The van der Waals surface area contributed by atoms with Gasteiger partial charge in [0.05, 0.1) is 6.61 Å². The van der Waals surface area contributed by atoms with Gasteiger partial charge in [-0.15, -0.1) is 11.3 Å². The van der Waals surface area contributed by atoms with Crippen molar-refractivity contribution in [1.29, 1.82) is 0 Å². The van der Waals surface area contributed by atoms with Crippen molar-refractivity contribution in [1.82, 2.24) is 4.98 Å². The summed E-state index contributed by atoms with van der Waals surface area (Å²) < 4.78 is 0. The SMILES string of the molecule is OCCSCc1nccs1. The molecule has 0 saturated heterocycles. The van der Waals surface area contributed by atoms with Crippen LogP contribution in [0.25, 0.3) is 0 Å². The number of thiazole rings is 1. The van der Waals surface area contributed by atoms with Gasteiger partial charge < -0.3 is 5.11 Å². The molecule has 0 radical (unpaired) electrons. The molecular weight excluding hydrogens is 166 g/mol. The molecule has 1 aromatic rings. The van der Waals surface area contributed by atoms with Crippen LogP contribution in [0.3, 0.4) is 0 Å². The number of aliphatic hydroxyl groups excluding tert-OH is 1. The maximum atomic E-state index is 8.46. The van der Waals surface area contributed by atoms with Crippen LogP contribution in [-0.2, 0) is 5.75 Å². The fourth-order valence-electron chi connectivity index (χ4n) is 0.548. The van der Waals surface area contributed by atoms with Crippen molar-refractivity contribution in [3.8, 4) is 0 Å². The molecule has 0 aliphatic heterocycles. The average Bonchev–Trinajstić information content (AvgIpc) is 2.41. The third-order valence-electron chi connectivity index (χ3n) is 0.945. The van der Waals surface area contributed by atoms with E-state index in [1.54, 1.807) is 29.3 Å². The zero-order valence-corrected chi connectivity index (χ0v) is 7.12. The second-order valence-electron chi connectivity index (χ2n) is 1.70. The van der Waals surface area contributed by atoms with Gasteiger partial charge in [0, 0.05) is 23.1 Å². The van der Waals surface area contributed by atoms with Crippen LogP contribution in [0.1, 0.15) is 5.01 Å². The maximum Gasteiger partial charge on any atom is 0.102 e.